The van der Waals surface area contributed by atoms with Crippen LogP contribution in [-0.2, 0) is 0 Å². The average molecular weight is 317 g/mol. The van der Waals surface area contributed by atoms with Crippen LogP contribution in [0.4, 0.5) is 14.6 Å². The van der Waals surface area contributed by atoms with Crippen LogP contribution in [0.25, 0.3) is 0 Å². The van der Waals surface area contributed by atoms with Gasteiger partial charge in [-0.2, -0.15) is 4.98 Å². The van der Waals surface area contributed by atoms with Gasteiger partial charge in [0.15, 0.2) is 0 Å². The minimum atomic E-state index is -3.49. The van der Waals surface area contributed by atoms with Gasteiger partial charge in [-0.3, -0.25) is 4.57 Å². The number of halogens is 2. The summed E-state index contributed by atoms with van der Waals surface area (Å²) in [6.07, 6.45) is -0.908. The van der Waals surface area contributed by atoms with E-state index in [1.807, 2.05) is 20.8 Å². The van der Waals surface area contributed by atoms with Gasteiger partial charge in [-0.05, 0) is 33.3 Å². The van der Waals surface area contributed by atoms with Crippen LogP contribution >= 0.6 is 0 Å². The first-order valence-corrected chi connectivity index (χ1v) is 7.10. The second-order valence-corrected chi connectivity index (χ2v) is 6.69. The molecule has 0 aliphatic heterocycles. The molecule has 6 nitrogen and oxygen atoms in total. The fraction of sp³-hybridized carbons (Fsp3) is 0.714. The first-order chi connectivity index (χ1) is 10.1. The van der Waals surface area contributed by atoms with E-state index >= 15 is 0 Å². The highest BCUT2D eigenvalue weighted by atomic mass is 19.3. The molecule has 0 aromatic carbocycles. The van der Waals surface area contributed by atoms with Crippen LogP contribution in [0.1, 0.15) is 33.2 Å². The van der Waals surface area contributed by atoms with Gasteiger partial charge in [-0.15, -0.1) is 0 Å². The van der Waals surface area contributed by atoms with Gasteiger partial charge >= 0.3 is 5.69 Å². The van der Waals surface area contributed by atoms with E-state index in [0.717, 1.165) is 4.57 Å². The second kappa shape index (κ2) is 5.58. The highest BCUT2D eigenvalue weighted by Gasteiger charge is 2.57. The van der Waals surface area contributed by atoms with Crippen LogP contribution in [0.3, 0.4) is 0 Å². The number of hydrogen-bond donors (Lipinski definition) is 3. The lowest BCUT2D eigenvalue weighted by molar-refractivity contribution is -0.123. The molecule has 2 rings (SSSR count). The van der Waals surface area contributed by atoms with Crippen molar-refractivity contribution in [1.29, 1.82) is 0 Å². The van der Waals surface area contributed by atoms with E-state index in [0.29, 0.717) is 5.82 Å². The van der Waals surface area contributed by atoms with Crippen molar-refractivity contribution in [2.75, 3.05) is 11.9 Å². The molecule has 1 aliphatic rings. The summed E-state index contributed by atoms with van der Waals surface area (Å²) in [6, 6.07) is -0.0650. The number of aromatic nitrogens is 2. The number of aliphatic hydroxyl groups excluding tert-OH is 2. The summed E-state index contributed by atoms with van der Waals surface area (Å²) in [4.78, 5) is 15.8. The summed E-state index contributed by atoms with van der Waals surface area (Å²) in [5.41, 5.74) is -1.13. The van der Waals surface area contributed by atoms with Crippen molar-refractivity contribution >= 4 is 5.82 Å². The van der Waals surface area contributed by atoms with E-state index in [1.54, 1.807) is 0 Å². The molecule has 8 heteroatoms. The van der Waals surface area contributed by atoms with Crippen LogP contribution in [0.5, 0.6) is 0 Å². The first kappa shape index (κ1) is 16.8. The maximum absolute atomic E-state index is 14.1. The van der Waals surface area contributed by atoms with Gasteiger partial charge < -0.3 is 15.5 Å². The molecule has 1 heterocycles. The fourth-order valence-corrected chi connectivity index (χ4v) is 2.66. The van der Waals surface area contributed by atoms with E-state index in [4.69, 9.17) is 5.11 Å². The number of nitrogens with zero attached hydrogens (tertiary/aromatic N) is 2. The molecule has 1 saturated carbocycles. The molecule has 0 saturated heterocycles. The third-order valence-electron chi connectivity index (χ3n) is 3.71. The van der Waals surface area contributed by atoms with Crippen LogP contribution in [0, 0.1) is 5.92 Å². The van der Waals surface area contributed by atoms with Gasteiger partial charge in [0.2, 0.25) is 0 Å². The summed E-state index contributed by atoms with van der Waals surface area (Å²) in [7, 11) is 0. The standard InChI is InChI=1S/C14H21F2N3O3/c1-13(2,3)18-10-4-5-19(12(22)17-10)9-6-8(7-20)11(21)14(9,15)16/h4-5,8-9,11,20-21H,6-7H2,1-3H3,(H,17,18,22)/t8-,9?,11-/m1/s1. The van der Waals surface area contributed by atoms with Gasteiger partial charge in [-0.25, -0.2) is 13.6 Å². The smallest absolute Gasteiger partial charge is 0.349 e. The molecule has 22 heavy (non-hydrogen) atoms. The molecular formula is C14H21F2N3O3. The largest absolute Gasteiger partial charge is 0.396 e. The maximum Gasteiger partial charge on any atom is 0.349 e. The Bertz CT molecular complexity index is 598. The number of nitrogens with one attached hydrogen (secondary N) is 1. The molecule has 1 unspecified atom stereocenters. The predicted molar refractivity (Wildman–Crippen MR) is 77.1 cm³/mol. The van der Waals surface area contributed by atoms with Gasteiger partial charge in [0.05, 0.1) is 0 Å². The van der Waals surface area contributed by atoms with Crippen molar-refractivity contribution in [3.63, 3.8) is 0 Å². The van der Waals surface area contributed by atoms with E-state index in [9.17, 15) is 18.7 Å². The Morgan fingerprint density at radius 1 is 1.50 bits per heavy atom. The number of hydrogen-bond acceptors (Lipinski definition) is 5. The van der Waals surface area contributed by atoms with Gasteiger partial charge in [0, 0.05) is 24.3 Å². The Balaban J connectivity index is 2.32. The number of alkyl halides is 2. The normalized spacial score (nSPS) is 27.9. The third kappa shape index (κ3) is 3.12. The fourth-order valence-electron chi connectivity index (χ4n) is 2.66. The molecule has 1 aromatic rings. The Morgan fingerprint density at radius 2 is 2.14 bits per heavy atom. The summed E-state index contributed by atoms with van der Waals surface area (Å²) in [5.74, 6) is -4.15. The predicted octanol–water partition coefficient (Wildman–Crippen LogP) is 1.00. The molecule has 0 radical (unpaired) electrons. The third-order valence-corrected chi connectivity index (χ3v) is 3.71. The second-order valence-electron chi connectivity index (χ2n) is 6.69. The van der Waals surface area contributed by atoms with E-state index in [1.165, 1.54) is 12.3 Å². The number of rotatable bonds is 3. The van der Waals surface area contributed by atoms with Crippen molar-refractivity contribution < 1.29 is 19.0 Å². The molecule has 0 amide bonds. The average Bonchev–Trinajstić information content (AvgIpc) is 2.60. The van der Waals surface area contributed by atoms with E-state index < -0.39 is 36.3 Å². The molecule has 0 spiro atoms. The number of anilines is 1. The minimum Gasteiger partial charge on any atom is -0.396 e. The van der Waals surface area contributed by atoms with Crippen LogP contribution in [0.2, 0.25) is 0 Å². The molecular weight excluding hydrogens is 296 g/mol. The van der Waals surface area contributed by atoms with Crippen molar-refractivity contribution in [1.82, 2.24) is 9.55 Å². The first-order valence-electron chi connectivity index (χ1n) is 7.10. The zero-order chi connectivity index (χ0) is 16.7. The topological polar surface area (TPSA) is 87.4 Å². The van der Waals surface area contributed by atoms with Gasteiger partial charge in [0.25, 0.3) is 5.92 Å². The Labute approximate surface area is 126 Å². The summed E-state index contributed by atoms with van der Waals surface area (Å²) >= 11 is 0. The summed E-state index contributed by atoms with van der Waals surface area (Å²) < 4.78 is 29.1. The Hall–Kier alpha value is -1.54. The lowest BCUT2D eigenvalue weighted by Crippen LogP contribution is -2.41. The molecule has 124 valence electrons. The lowest BCUT2D eigenvalue weighted by Gasteiger charge is -2.24. The molecule has 1 aliphatic carbocycles. The molecule has 3 atom stereocenters. The van der Waals surface area contributed by atoms with Crippen LogP contribution in [0.15, 0.2) is 17.1 Å². The Kier molecular flexibility index (Phi) is 4.27. The van der Waals surface area contributed by atoms with Crippen molar-refractivity contribution in [3.05, 3.63) is 22.7 Å². The SMILES string of the molecule is CC(C)(C)Nc1ccn(C2C[C@H](CO)[C@@H](O)C2(F)F)c(=O)n1. The number of aliphatic hydroxyl groups is 2. The monoisotopic (exact) mass is 317 g/mol. The van der Waals surface area contributed by atoms with Crippen LogP contribution in [-0.4, -0.2) is 43.9 Å². The molecule has 0 bridgehead atoms. The maximum atomic E-state index is 14.1. The van der Waals surface area contributed by atoms with Crippen molar-refractivity contribution in [3.8, 4) is 0 Å². The van der Waals surface area contributed by atoms with Crippen molar-refractivity contribution in [2.45, 2.75) is 50.8 Å². The Morgan fingerprint density at radius 3 is 2.59 bits per heavy atom. The molecule has 3 N–H and O–H groups in total. The zero-order valence-electron chi connectivity index (χ0n) is 12.8. The molecule has 1 aromatic heterocycles. The van der Waals surface area contributed by atoms with Crippen molar-refractivity contribution in [2.24, 2.45) is 5.92 Å². The van der Waals surface area contributed by atoms with E-state index in [-0.39, 0.29) is 12.0 Å². The van der Waals surface area contributed by atoms with Crippen LogP contribution < -0.4 is 11.0 Å². The highest BCUT2D eigenvalue weighted by molar-refractivity contribution is 5.34. The van der Waals surface area contributed by atoms with E-state index in [2.05, 4.69) is 10.3 Å². The highest BCUT2D eigenvalue weighted by Crippen LogP contribution is 2.46. The summed E-state index contributed by atoms with van der Waals surface area (Å²) in [6.45, 7) is 5.09. The van der Waals surface area contributed by atoms with Gasteiger partial charge in [-0.1, -0.05) is 0 Å². The van der Waals surface area contributed by atoms with Gasteiger partial charge in [0.1, 0.15) is 18.0 Å². The quantitative estimate of drug-likeness (QED) is 0.774. The molecule has 1 fully saturated rings. The minimum absolute atomic E-state index is 0.182. The summed E-state index contributed by atoms with van der Waals surface area (Å²) in [5, 5.41) is 21.6. The lowest BCUT2D eigenvalue weighted by atomic mass is 10.1. The zero-order valence-corrected chi connectivity index (χ0v) is 12.8.